The maximum atomic E-state index is 15.4. The molecular weight excluding hydrogens is 1350 g/mol. The van der Waals surface area contributed by atoms with Gasteiger partial charge in [0.2, 0.25) is 47.3 Å². The number of likely N-dealkylation sites (tertiary alicyclic amines) is 2. The molecule has 2 saturated heterocycles. The second kappa shape index (κ2) is 35.5. The smallest absolute Gasteiger partial charge is 0.328 e. The largest absolute Gasteiger partial charge is 0.490 e. The van der Waals surface area contributed by atoms with Crippen molar-refractivity contribution in [2.75, 3.05) is 47.5 Å². The van der Waals surface area contributed by atoms with Crippen molar-refractivity contribution in [1.29, 1.82) is 0 Å². The summed E-state index contributed by atoms with van der Waals surface area (Å²) in [4.78, 5) is 148. The Labute approximate surface area is 611 Å². The Morgan fingerprint density at radius 1 is 0.590 bits per heavy atom. The highest BCUT2D eigenvalue weighted by Crippen LogP contribution is 2.31. The molecule has 10 rings (SSSR count). The van der Waals surface area contributed by atoms with Gasteiger partial charge in [0.1, 0.15) is 66.4 Å². The van der Waals surface area contributed by atoms with Crippen LogP contribution in [0, 0.1) is 10.8 Å². The molecule has 5 heterocycles. The number of fused-ring (bicyclic) bond motifs is 22. The number of rotatable bonds is 14. The highest BCUT2D eigenvalue weighted by molar-refractivity contribution is 5.99. The molecule has 105 heavy (non-hydrogen) atoms. The number of carbonyl (C=O) groups is 10. The number of carboxylic acids is 1. The second-order valence-corrected chi connectivity index (χ2v) is 29.2. The lowest BCUT2D eigenvalue weighted by molar-refractivity contribution is -0.147. The second-order valence-electron chi connectivity index (χ2n) is 29.2. The highest BCUT2D eigenvalue weighted by Gasteiger charge is 2.50. The van der Waals surface area contributed by atoms with E-state index in [0.717, 1.165) is 21.5 Å². The number of hydrogen-bond acceptors (Lipinski definition) is 18. The van der Waals surface area contributed by atoms with Crippen LogP contribution in [-0.2, 0) is 94.6 Å². The van der Waals surface area contributed by atoms with Crippen LogP contribution in [-0.4, -0.2) is 209 Å². The van der Waals surface area contributed by atoms with Gasteiger partial charge in [-0.2, -0.15) is 0 Å². The van der Waals surface area contributed by atoms with E-state index >= 15 is 24.0 Å². The molecule has 2 fully saturated rings. The molecule has 562 valence electrons. The molecular formula is C77H99N13O15. The van der Waals surface area contributed by atoms with Gasteiger partial charge in [-0.25, -0.2) is 9.59 Å². The van der Waals surface area contributed by atoms with Crippen LogP contribution in [0.1, 0.15) is 97.0 Å². The zero-order chi connectivity index (χ0) is 75.9. The third kappa shape index (κ3) is 20.6. The zero-order valence-electron chi connectivity index (χ0n) is 61.4. The van der Waals surface area contributed by atoms with Gasteiger partial charge in [0, 0.05) is 38.9 Å². The molecule has 2 unspecified atom stereocenters. The van der Waals surface area contributed by atoms with Crippen molar-refractivity contribution in [2.45, 2.75) is 180 Å². The minimum Gasteiger partial charge on any atom is -0.490 e. The van der Waals surface area contributed by atoms with E-state index in [1.54, 1.807) is 106 Å². The first kappa shape index (κ1) is 79.0. The number of hydrogen-bond donors (Lipinski definition) is 9. The normalized spacial score (nSPS) is 22.6. The lowest BCUT2D eigenvalue weighted by Gasteiger charge is -2.37. The minimum absolute atomic E-state index is 0.0296. The molecule has 0 spiro atoms. The van der Waals surface area contributed by atoms with Crippen LogP contribution in [0.15, 0.2) is 128 Å². The predicted molar refractivity (Wildman–Crippen MR) is 390 cm³/mol. The summed E-state index contributed by atoms with van der Waals surface area (Å²) in [5.41, 5.74) is 0.315. The number of likely N-dealkylation sites (N-methyl/N-ethyl adjacent to an activating group) is 2. The first-order valence-corrected chi connectivity index (χ1v) is 35.6. The van der Waals surface area contributed by atoms with Crippen LogP contribution in [0.5, 0.6) is 5.75 Å². The molecule has 4 bridgehead atoms. The molecule has 0 saturated carbocycles. The van der Waals surface area contributed by atoms with Gasteiger partial charge in [0.15, 0.2) is 0 Å². The van der Waals surface area contributed by atoms with Gasteiger partial charge in [-0.3, -0.25) is 43.0 Å². The van der Waals surface area contributed by atoms with Gasteiger partial charge in [0.05, 0.1) is 50.8 Å². The van der Waals surface area contributed by atoms with Crippen LogP contribution >= 0.6 is 0 Å². The summed E-state index contributed by atoms with van der Waals surface area (Å²) < 4.78 is 25.7. The summed E-state index contributed by atoms with van der Waals surface area (Å²) in [6, 6.07) is 21.0. The number of nitrogens with one attached hydrogen (secondary N) is 8. The maximum Gasteiger partial charge on any atom is 0.328 e. The summed E-state index contributed by atoms with van der Waals surface area (Å²) in [6.07, 6.45) is 2.72. The number of aryl methyl sites for hydroxylation is 1. The van der Waals surface area contributed by atoms with Crippen molar-refractivity contribution in [2.24, 2.45) is 10.8 Å². The number of methoxy groups -OCH3 is 1. The molecule has 8 amide bonds. The number of carboxylic acid groups (broad SMARTS) is 1. The Morgan fingerprint density at radius 2 is 1.07 bits per heavy atom. The van der Waals surface area contributed by atoms with Gasteiger partial charge < -0.3 is 76.4 Å². The van der Waals surface area contributed by atoms with Crippen molar-refractivity contribution in [1.82, 2.24) is 67.3 Å². The lowest BCUT2D eigenvalue weighted by atomic mass is 9.85. The number of benzene rings is 5. The molecule has 6 aromatic rings. The Morgan fingerprint density at radius 3 is 1.54 bits per heavy atom. The number of amides is 8. The fraction of sp³-hybridized carbons (Fsp3) is 0.481. The standard InChI is InChI=1S/C77H99N13O15/c1-45(78-9)66(91)84-64(76(3,4)5)72(97)89-34-31-60-62(89)70(95)81-57(41-48-22-26-50-18-12-14-20-52(50)38-48)68(93)80-56(75(101)102-11)30-33-88-43-54(86-87-88)44-105-61-32-35-90(73(98)65(77(6,7)8)85-67(92)46(2)79-10)63(61)71(96)82-58(42-49-23-27-51-19-13-15-21-53(51)39-49)69(94)83-59(74(99)100)40-47-24-28-55(29-25-47)103-36-16-17-37-104-60/h12-29,38-39,43,45-46,56-65,78-79H,30-37,40-42,44H2,1-11H3,(H,80,93)(H,81,95)(H,82,96)(H,83,94)(H,84,91)(H,85,92)(H,99,100)/t45-,46-,56-,57-,58-,59-,60?,61+,62?,63-,64+,65+/m0/s1. The van der Waals surface area contributed by atoms with Crippen molar-refractivity contribution in [3.8, 4) is 5.75 Å². The van der Waals surface area contributed by atoms with Crippen LogP contribution < -0.4 is 47.3 Å². The Balaban J connectivity index is 1.06. The van der Waals surface area contributed by atoms with Crippen molar-refractivity contribution in [3.63, 3.8) is 0 Å². The minimum atomic E-state index is -1.50. The van der Waals surface area contributed by atoms with Crippen LogP contribution in [0.3, 0.4) is 0 Å². The molecule has 0 radical (unpaired) electrons. The van der Waals surface area contributed by atoms with Crippen LogP contribution in [0.25, 0.3) is 21.5 Å². The number of ether oxygens (including phenoxy) is 4. The number of carbonyl (C=O) groups excluding carboxylic acids is 9. The van der Waals surface area contributed by atoms with Crippen molar-refractivity contribution in [3.05, 3.63) is 150 Å². The zero-order valence-corrected chi connectivity index (χ0v) is 61.4. The molecule has 28 nitrogen and oxygen atoms in total. The molecule has 5 aromatic carbocycles. The monoisotopic (exact) mass is 1450 g/mol. The first-order valence-electron chi connectivity index (χ1n) is 35.6. The van der Waals surface area contributed by atoms with E-state index in [1.165, 1.54) is 27.8 Å². The predicted octanol–water partition coefficient (Wildman–Crippen LogP) is 3.60. The van der Waals surface area contributed by atoms with Crippen molar-refractivity contribution < 1.29 is 72.0 Å². The molecule has 12 atom stereocenters. The van der Waals surface area contributed by atoms with E-state index in [-0.39, 0.29) is 83.7 Å². The summed E-state index contributed by atoms with van der Waals surface area (Å²) in [6.45, 7) is 13.7. The quantitative estimate of drug-likeness (QED) is 0.0555. The van der Waals surface area contributed by atoms with Crippen LogP contribution in [0.4, 0.5) is 0 Å². The maximum absolute atomic E-state index is 15.4. The highest BCUT2D eigenvalue weighted by atomic mass is 16.5. The lowest BCUT2D eigenvalue weighted by Crippen LogP contribution is -2.62. The molecule has 4 aliphatic heterocycles. The van der Waals surface area contributed by atoms with Crippen LogP contribution in [0.2, 0.25) is 0 Å². The summed E-state index contributed by atoms with van der Waals surface area (Å²) in [5.74, 6) is -6.95. The van der Waals surface area contributed by atoms with Crippen molar-refractivity contribution >= 4 is 80.7 Å². The summed E-state index contributed by atoms with van der Waals surface area (Å²) in [7, 11) is 4.39. The van der Waals surface area contributed by atoms with E-state index in [9.17, 15) is 29.1 Å². The van der Waals surface area contributed by atoms with E-state index in [2.05, 4.69) is 52.8 Å². The third-order valence-corrected chi connectivity index (χ3v) is 19.4. The number of esters is 1. The molecule has 4 aliphatic rings. The average Bonchev–Trinajstić information content (AvgIpc) is 1.68. The average molecular weight is 1450 g/mol. The van der Waals surface area contributed by atoms with E-state index in [1.807, 2.05) is 84.9 Å². The number of nitrogens with zero attached hydrogens (tertiary/aromatic N) is 5. The molecule has 1 aromatic heterocycles. The first-order chi connectivity index (χ1) is 50.0. The van der Waals surface area contributed by atoms with Gasteiger partial charge >= 0.3 is 11.9 Å². The Bertz CT molecular complexity index is 4130. The Kier molecular flexibility index (Phi) is 26.7. The third-order valence-electron chi connectivity index (χ3n) is 19.4. The molecule has 9 N–H and O–H groups in total. The van der Waals surface area contributed by atoms with Gasteiger partial charge in [-0.1, -0.05) is 150 Å². The molecule has 28 heteroatoms. The van der Waals surface area contributed by atoms with Gasteiger partial charge in [-0.05, 0) is 114 Å². The fourth-order valence-electron chi connectivity index (χ4n) is 13.1. The SMILES string of the molecule is CN[C@@H](C)C(=O)N[C@H](C(=O)N1CCC2OCC=CCOc3ccc(cc3)C[C@@H](C(=O)O)NC(=O)[C@H](Cc3ccc4ccccc4c3)NC(=O)[C@@H]3[C@@H](CCN3C(=O)[C@@H](NC(=O)[C@H](C)NC)C(C)(C)C)OCc3cn(nn3)CC[C@@H](C(=O)OC)NC(=O)[C@H](Cc3ccc4ccccc4c3)NC(=O)C21)C(C)(C)C. The summed E-state index contributed by atoms with van der Waals surface area (Å²) in [5, 5.41) is 45.8. The number of aromatic nitrogens is 3. The summed E-state index contributed by atoms with van der Waals surface area (Å²) >= 11 is 0. The van der Waals surface area contributed by atoms with Gasteiger partial charge in [0.25, 0.3) is 0 Å². The molecule has 0 aliphatic carbocycles. The number of aliphatic carboxylic acids is 1. The van der Waals surface area contributed by atoms with E-state index < -0.39 is 143 Å². The van der Waals surface area contributed by atoms with E-state index in [0.29, 0.717) is 22.4 Å². The van der Waals surface area contributed by atoms with E-state index in [4.69, 9.17) is 18.9 Å². The topological polar surface area (TPSA) is 361 Å². The fourth-order valence-corrected chi connectivity index (χ4v) is 13.1. The van der Waals surface area contributed by atoms with Gasteiger partial charge in [-0.15, -0.1) is 5.10 Å². The Hall–Kier alpha value is -10.2.